The number of fused-ring (bicyclic) bond motifs is 1. The highest BCUT2D eigenvalue weighted by Crippen LogP contribution is 2.30. The van der Waals surface area contributed by atoms with Crippen LogP contribution in [0, 0.1) is 0 Å². The van der Waals surface area contributed by atoms with E-state index in [9.17, 15) is 9.90 Å². The lowest BCUT2D eigenvalue weighted by Gasteiger charge is -2.19. The number of hydrogen-bond donors (Lipinski definition) is 2. The van der Waals surface area contributed by atoms with Gasteiger partial charge in [0.15, 0.2) is 0 Å². The van der Waals surface area contributed by atoms with Gasteiger partial charge in [-0.1, -0.05) is 6.92 Å². The van der Waals surface area contributed by atoms with E-state index in [0.717, 1.165) is 33.6 Å². The smallest absolute Gasteiger partial charge is 0.336 e. The summed E-state index contributed by atoms with van der Waals surface area (Å²) < 4.78 is 16.0. The summed E-state index contributed by atoms with van der Waals surface area (Å²) in [7, 11) is 3.26. The Kier molecular flexibility index (Phi) is 5.90. The standard InChI is InChI=1S/C22H25NO5/c1-5-14-8-18-15(9-22(25)28-21(18)11-19(14)24)12-23-13(2)17-10-16(26-3)6-7-20(17)27-4/h6-11,13,23-24H,5,12H2,1-4H3. The average molecular weight is 383 g/mol. The first-order valence-corrected chi connectivity index (χ1v) is 9.20. The number of nitrogens with one attached hydrogen (secondary N) is 1. The molecule has 0 radical (unpaired) electrons. The first kappa shape index (κ1) is 19.8. The summed E-state index contributed by atoms with van der Waals surface area (Å²) in [5.74, 6) is 1.65. The molecule has 2 N–H and O–H groups in total. The number of aryl methyl sites for hydroxylation is 1. The summed E-state index contributed by atoms with van der Waals surface area (Å²) in [6.45, 7) is 4.45. The van der Waals surface area contributed by atoms with E-state index >= 15 is 0 Å². The van der Waals surface area contributed by atoms with E-state index in [1.165, 1.54) is 12.1 Å². The molecule has 0 aliphatic heterocycles. The Bertz CT molecular complexity index is 1040. The molecule has 2 aromatic carbocycles. The fraction of sp³-hybridized carbons (Fsp3) is 0.318. The number of phenols is 1. The molecule has 1 atom stereocenters. The van der Waals surface area contributed by atoms with E-state index in [-0.39, 0.29) is 11.8 Å². The number of rotatable bonds is 7. The number of benzene rings is 2. The minimum atomic E-state index is -0.445. The summed E-state index contributed by atoms with van der Waals surface area (Å²) in [5.41, 5.74) is 2.52. The van der Waals surface area contributed by atoms with E-state index in [1.807, 2.05) is 38.1 Å². The highest BCUT2D eigenvalue weighted by molar-refractivity contribution is 5.82. The van der Waals surface area contributed by atoms with Crippen LogP contribution in [-0.4, -0.2) is 19.3 Å². The molecule has 28 heavy (non-hydrogen) atoms. The summed E-state index contributed by atoms with van der Waals surface area (Å²) in [5, 5.41) is 14.3. The summed E-state index contributed by atoms with van der Waals surface area (Å²) in [6, 6.07) is 10.5. The zero-order valence-corrected chi connectivity index (χ0v) is 16.5. The lowest BCUT2D eigenvalue weighted by Crippen LogP contribution is -2.20. The molecule has 0 saturated heterocycles. The van der Waals surface area contributed by atoms with Gasteiger partial charge in [0.2, 0.25) is 0 Å². The van der Waals surface area contributed by atoms with Gasteiger partial charge < -0.3 is 24.3 Å². The zero-order chi connectivity index (χ0) is 20.3. The largest absolute Gasteiger partial charge is 0.508 e. The lowest BCUT2D eigenvalue weighted by molar-refractivity contribution is 0.391. The summed E-state index contributed by atoms with van der Waals surface area (Å²) in [4.78, 5) is 12.0. The second-order valence-corrected chi connectivity index (χ2v) is 6.63. The lowest BCUT2D eigenvalue weighted by atomic mass is 10.0. The number of ether oxygens (including phenoxy) is 2. The number of phenolic OH excluding ortho intramolecular Hbond substituents is 1. The van der Waals surface area contributed by atoms with Gasteiger partial charge in [0.1, 0.15) is 22.8 Å². The molecule has 1 heterocycles. The predicted molar refractivity (Wildman–Crippen MR) is 108 cm³/mol. The second-order valence-electron chi connectivity index (χ2n) is 6.63. The van der Waals surface area contributed by atoms with Crippen molar-refractivity contribution in [3.63, 3.8) is 0 Å². The molecule has 0 aliphatic carbocycles. The Labute approximate surface area is 163 Å². The van der Waals surface area contributed by atoms with Crippen LogP contribution in [0.3, 0.4) is 0 Å². The zero-order valence-electron chi connectivity index (χ0n) is 16.5. The molecule has 1 unspecified atom stereocenters. The van der Waals surface area contributed by atoms with Crippen molar-refractivity contribution in [1.29, 1.82) is 0 Å². The van der Waals surface area contributed by atoms with Gasteiger partial charge in [-0.05, 0) is 48.7 Å². The van der Waals surface area contributed by atoms with Crippen molar-refractivity contribution in [2.45, 2.75) is 32.9 Å². The third kappa shape index (κ3) is 3.97. The molecule has 0 spiro atoms. The first-order chi connectivity index (χ1) is 13.5. The van der Waals surface area contributed by atoms with Crippen LogP contribution in [0.2, 0.25) is 0 Å². The molecule has 0 aliphatic rings. The van der Waals surface area contributed by atoms with Crippen molar-refractivity contribution in [2.24, 2.45) is 0 Å². The van der Waals surface area contributed by atoms with Crippen LogP contribution in [-0.2, 0) is 13.0 Å². The van der Waals surface area contributed by atoms with Crippen LogP contribution in [0.15, 0.2) is 45.6 Å². The van der Waals surface area contributed by atoms with Gasteiger partial charge in [0.25, 0.3) is 0 Å². The molecular formula is C22H25NO5. The van der Waals surface area contributed by atoms with Gasteiger partial charge in [0.05, 0.1) is 14.2 Å². The van der Waals surface area contributed by atoms with Crippen molar-refractivity contribution in [1.82, 2.24) is 5.32 Å². The number of methoxy groups -OCH3 is 2. The fourth-order valence-electron chi connectivity index (χ4n) is 3.29. The Balaban J connectivity index is 1.92. The molecule has 0 fully saturated rings. The van der Waals surface area contributed by atoms with E-state index in [2.05, 4.69) is 5.32 Å². The van der Waals surface area contributed by atoms with E-state index in [1.54, 1.807) is 14.2 Å². The quantitative estimate of drug-likeness (QED) is 0.602. The van der Waals surface area contributed by atoms with E-state index < -0.39 is 5.63 Å². The normalized spacial score (nSPS) is 12.1. The average Bonchev–Trinajstić information content (AvgIpc) is 2.70. The molecule has 0 bridgehead atoms. The molecule has 1 aromatic heterocycles. The van der Waals surface area contributed by atoms with Crippen molar-refractivity contribution >= 4 is 11.0 Å². The third-order valence-electron chi connectivity index (χ3n) is 4.91. The molecule has 3 rings (SSSR count). The monoisotopic (exact) mass is 383 g/mol. The molecule has 0 amide bonds. The van der Waals surface area contributed by atoms with Crippen LogP contribution >= 0.6 is 0 Å². The molecule has 148 valence electrons. The molecule has 6 nitrogen and oxygen atoms in total. The molecule has 0 saturated carbocycles. The maximum atomic E-state index is 12.0. The van der Waals surface area contributed by atoms with Crippen molar-refractivity contribution in [3.05, 3.63) is 63.5 Å². The minimum absolute atomic E-state index is 0.0462. The second kappa shape index (κ2) is 8.35. The van der Waals surface area contributed by atoms with Gasteiger partial charge in [-0.25, -0.2) is 4.79 Å². The Morgan fingerprint density at radius 1 is 1.11 bits per heavy atom. The van der Waals surface area contributed by atoms with Crippen LogP contribution in [0.5, 0.6) is 17.2 Å². The van der Waals surface area contributed by atoms with Crippen LogP contribution in [0.4, 0.5) is 0 Å². The van der Waals surface area contributed by atoms with Crippen LogP contribution in [0.1, 0.15) is 36.6 Å². The van der Waals surface area contributed by atoms with Crippen molar-refractivity contribution in [3.8, 4) is 17.2 Å². The van der Waals surface area contributed by atoms with Crippen LogP contribution < -0.4 is 20.4 Å². The summed E-state index contributed by atoms with van der Waals surface area (Å²) >= 11 is 0. The van der Waals surface area contributed by atoms with E-state index in [0.29, 0.717) is 18.5 Å². The van der Waals surface area contributed by atoms with Gasteiger partial charge >= 0.3 is 5.63 Å². The molecule has 3 aromatic rings. The maximum absolute atomic E-state index is 12.0. The predicted octanol–water partition coefficient (Wildman–Crippen LogP) is 3.93. The minimum Gasteiger partial charge on any atom is -0.508 e. The maximum Gasteiger partial charge on any atom is 0.336 e. The van der Waals surface area contributed by atoms with E-state index in [4.69, 9.17) is 13.9 Å². The van der Waals surface area contributed by atoms with Gasteiger partial charge in [0, 0.05) is 35.7 Å². The summed E-state index contributed by atoms with van der Waals surface area (Å²) in [6.07, 6.45) is 0.686. The SMILES string of the molecule is CCc1cc2c(CNC(C)c3cc(OC)ccc3OC)cc(=O)oc2cc1O. The highest BCUT2D eigenvalue weighted by atomic mass is 16.5. The Morgan fingerprint density at radius 3 is 2.57 bits per heavy atom. The topological polar surface area (TPSA) is 80.9 Å². The number of aromatic hydroxyl groups is 1. The third-order valence-corrected chi connectivity index (χ3v) is 4.91. The first-order valence-electron chi connectivity index (χ1n) is 9.20. The van der Waals surface area contributed by atoms with Crippen molar-refractivity contribution in [2.75, 3.05) is 14.2 Å². The van der Waals surface area contributed by atoms with Crippen LogP contribution in [0.25, 0.3) is 11.0 Å². The molecular weight excluding hydrogens is 358 g/mol. The molecule has 6 heteroatoms. The van der Waals surface area contributed by atoms with Gasteiger partial charge in [-0.15, -0.1) is 0 Å². The van der Waals surface area contributed by atoms with Gasteiger partial charge in [-0.2, -0.15) is 0 Å². The highest BCUT2D eigenvalue weighted by Gasteiger charge is 2.15. The van der Waals surface area contributed by atoms with Crippen molar-refractivity contribution < 1.29 is 19.0 Å². The Morgan fingerprint density at radius 2 is 1.89 bits per heavy atom. The van der Waals surface area contributed by atoms with Gasteiger partial charge in [-0.3, -0.25) is 0 Å². The number of hydrogen-bond acceptors (Lipinski definition) is 6. The Hall–Kier alpha value is -2.99. The fourth-order valence-corrected chi connectivity index (χ4v) is 3.29.